The molecule has 134 valence electrons. The number of aromatic amines is 1. The first kappa shape index (κ1) is 16.8. The van der Waals surface area contributed by atoms with Gasteiger partial charge >= 0.3 is 0 Å². The minimum atomic E-state index is -0.145. The minimum absolute atomic E-state index is 0.145. The van der Waals surface area contributed by atoms with Gasteiger partial charge in [0.2, 0.25) is 5.91 Å². The molecule has 0 radical (unpaired) electrons. The van der Waals surface area contributed by atoms with Crippen molar-refractivity contribution in [3.8, 4) is 10.6 Å². The lowest BCUT2D eigenvalue weighted by Crippen LogP contribution is -2.51. The molecule has 7 heteroatoms. The van der Waals surface area contributed by atoms with Gasteiger partial charge in [0, 0.05) is 44.3 Å². The first-order chi connectivity index (χ1) is 12.1. The van der Waals surface area contributed by atoms with E-state index in [1.165, 1.54) is 9.75 Å². The van der Waals surface area contributed by atoms with Gasteiger partial charge in [-0.3, -0.25) is 14.8 Å². The number of ether oxygens (including phenoxy) is 1. The highest BCUT2D eigenvalue weighted by Crippen LogP contribution is 2.32. The lowest BCUT2D eigenvalue weighted by molar-refractivity contribution is -0.130. The van der Waals surface area contributed by atoms with Crippen molar-refractivity contribution in [3.05, 3.63) is 29.3 Å². The van der Waals surface area contributed by atoms with Crippen LogP contribution in [0.4, 0.5) is 0 Å². The normalized spacial score (nSPS) is 21.6. The average molecular weight is 360 g/mol. The third-order valence-corrected chi connectivity index (χ3v) is 6.35. The van der Waals surface area contributed by atoms with E-state index in [0.717, 1.165) is 44.7 Å². The van der Waals surface area contributed by atoms with Gasteiger partial charge in [-0.05, 0) is 31.0 Å². The maximum atomic E-state index is 11.9. The Morgan fingerprint density at radius 2 is 2.16 bits per heavy atom. The van der Waals surface area contributed by atoms with Crippen molar-refractivity contribution in [2.24, 2.45) is 0 Å². The summed E-state index contributed by atoms with van der Waals surface area (Å²) >= 11 is 1.82. The Balaban J connectivity index is 1.35. The second-order valence-electron chi connectivity index (χ2n) is 7.04. The molecule has 25 heavy (non-hydrogen) atoms. The Morgan fingerprint density at radius 1 is 1.32 bits per heavy atom. The molecule has 4 rings (SSSR count). The molecule has 0 bridgehead atoms. The largest absolute Gasteiger partial charge is 0.373 e. The fourth-order valence-electron chi connectivity index (χ4n) is 3.75. The highest BCUT2D eigenvalue weighted by atomic mass is 32.1. The monoisotopic (exact) mass is 360 g/mol. The topological polar surface area (TPSA) is 61.5 Å². The molecular formula is C18H24N4O2S. The number of piperidine rings is 1. The molecule has 0 atom stereocenters. The number of nitrogens with one attached hydrogen (secondary N) is 1. The standard InChI is InChI=1S/C18H24N4O2S/c1-21-13-18(24-11-5-17(21)23)6-9-22(10-7-18)12-14-2-3-16(25-14)15-4-8-19-20-15/h2-4,8H,5-7,9-13H2,1H3,(H,19,20). The van der Waals surface area contributed by atoms with Gasteiger partial charge in [0.05, 0.1) is 29.2 Å². The smallest absolute Gasteiger partial charge is 0.224 e. The second-order valence-corrected chi connectivity index (χ2v) is 8.21. The Hall–Kier alpha value is -1.70. The lowest BCUT2D eigenvalue weighted by atomic mass is 9.90. The van der Waals surface area contributed by atoms with Crippen molar-refractivity contribution in [2.75, 3.05) is 33.3 Å². The summed E-state index contributed by atoms with van der Waals surface area (Å²) in [7, 11) is 1.90. The van der Waals surface area contributed by atoms with Crippen molar-refractivity contribution in [2.45, 2.75) is 31.4 Å². The molecule has 2 aliphatic rings. The van der Waals surface area contributed by atoms with Crippen LogP contribution in [0.15, 0.2) is 24.4 Å². The second kappa shape index (κ2) is 6.90. The quantitative estimate of drug-likeness (QED) is 0.913. The highest BCUT2D eigenvalue weighted by Gasteiger charge is 2.39. The Labute approximate surface area is 151 Å². The molecular weight excluding hydrogens is 336 g/mol. The number of nitrogens with zero attached hydrogens (tertiary/aromatic N) is 3. The van der Waals surface area contributed by atoms with Crippen LogP contribution in [0.3, 0.4) is 0 Å². The van der Waals surface area contributed by atoms with Crippen LogP contribution in [0.2, 0.25) is 0 Å². The lowest BCUT2D eigenvalue weighted by Gasteiger charge is -2.42. The number of amides is 1. The fraction of sp³-hybridized carbons (Fsp3) is 0.556. The van der Waals surface area contributed by atoms with Gasteiger partial charge in [-0.25, -0.2) is 0 Å². The number of H-pyrrole nitrogens is 1. The van der Waals surface area contributed by atoms with Crippen molar-refractivity contribution >= 4 is 17.2 Å². The maximum absolute atomic E-state index is 11.9. The Bertz CT molecular complexity index is 719. The van der Waals surface area contributed by atoms with Gasteiger partial charge in [0.15, 0.2) is 0 Å². The molecule has 2 aliphatic heterocycles. The van der Waals surface area contributed by atoms with Crippen molar-refractivity contribution in [3.63, 3.8) is 0 Å². The average Bonchev–Trinajstić information content (AvgIpc) is 3.26. The molecule has 1 N–H and O–H groups in total. The van der Waals surface area contributed by atoms with Gasteiger partial charge in [0.1, 0.15) is 0 Å². The molecule has 0 aromatic carbocycles. The molecule has 0 saturated carbocycles. The minimum Gasteiger partial charge on any atom is -0.373 e. The first-order valence-electron chi connectivity index (χ1n) is 8.82. The molecule has 0 aliphatic carbocycles. The number of carbonyl (C=O) groups excluding carboxylic acids is 1. The summed E-state index contributed by atoms with van der Waals surface area (Å²) in [6, 6.07) is 6.37. The number of likely N-dealkylation sites (N-methyl/N-ethyl adjacent to an activating group) is 1. The summed E-state index contributed by atoms with van der Waals surface area (Å²) in [4.78, 5) is 18.8. The van der Waals surface area contributed by atoms with Crippen LogP contribution in [-0.4, -0.2) is 64.8 Å². The van der Waals surface area contributed by atoms with Gasteiger partial charge in [0.25, 0.3) is 0 Å². The summed E-state index contributed by atoms with van der Waals surface area (Å²) in [5.41, 5.74) is 0.932. The number of aromatic nitrogens is 2. The molecule has 2 saturated heterocycles. The summed E-state index contributed by atoms with van der Waals surface area (Å²) < 4.78 is 6.13. The molecule has 6 nitrogen and oxygen atoms in total. The van der Waals surface area contributed by atoms with E-state index < -0.39 is 0 Å². The number of hydrogen-bond acceptors (Lipinski definition) is 5. The van der Waals surface area contributed by atoms with Crippen molar-refractivity contribution in [1.29, 1.82) is 0 Å². The van der Waals surface area contributed by atoms with Crippen LogP contribution in [0.1, 0.15) is 24.1 Å². The SMILES string of the molecule is CN1CC2(CCN(Cc3ccc(-c4ccn[nH]4)s3)CC2)OCCC1=O. The summed E-state index contributed by atoms with van der Waals surface area (Å²) in [6.07, 6.45) is 4.27. The van der Waals surface area contributed by atoms with E-state index in [9.17, 15) is 4.79 Å². The van der Waals surface area contributed by atoms with E-state index >= 15 is 0 Å². The number of likely N-dealkylation sites (tertiary alicyclic amines) is 1. The van der Waals surface area contributed by atoms with Gasteiger partial charge in [-0.1, -0.05) is 0 Å². The number of carbonyl (C=O) groups is 1. The molecule has 2 aromatic heterocycles. The predicted molar refractivity (Wildman–Crippen MR) is 97.3 cm³/mol. The van der Waals surface area contributed by atoms with Gasteiger partial charge in [-0.2, -0.15) is 5.10 Å². The van der Waals surface area contributed by atoms with Crippen molar-refractivity contribution < 1.29 is 9.53 Å². The number of rotatable bonds is 3. The Kier molecular flexibility index (Phi) is 4.62. The first-order valence-corrected chi connectivity index (χ1v) is 9.64. The maximum Gasteiger partial charge on any atom is 0.224 e. The molecule has 0 unspecified atom stereocenters. The van der Waals surface area contributed by atoms with Crippen LogP contribution >= 0.6 is 11.3 Å². The number of thiophene rings is 1. The predicted octanol–water partition coefficient (Wildman–Crippen LogP) is 2.35. The van der Waals surface area contributed by atoms with E-state index in [0.29, 0.717) is 13.0 Å². The van der Waals surface area contributed by atoms with Crippen LogP contribution in [0.25, 0.3) is 10.6 Å². The van der Waals surface area contributed by atoms with Gasteiger partial charge < -0.3 is 9.64 Å². The third-order valence-electron chi connectivity index (χ3n) is 5.25. The Morgan fingerprint density at radius 3 is 2.92 bits per heavy atom. The highest BCUT2D eigenvalue weighted by molar-refractivity contribution is 7.15. The summed E-state index contributed by atoms with van der Waals surface area (Å²) in [5, 5.41) is 7.04. The van der Waals surface area contributed by atoms with Crippen LogP contribution in [0.5, 0.6) is 0 Å². The fourth-order valence-corrected chi connectivity index (χ4v) is 4.78. The molecule has 2 aromatic rings. The van der Waals surface area contributed by atoms with E-state index in [-0.39, 0.29) is 11.5 Å². The van der Waals surface area contributed by atoms with Crippen LogP contribution in [-0.2, 0) is 16.1 Å². The molecule has 4 heterocycles. The zero-order chi connectivity index (χ0) is 17.3. The van der Waals surface area contributed by atoms with E-state index in [2.05, 4.69) is 27.2 Å². The zero-order valence-electron chi connectivity index (χ0n) is 14.5. The van der Waals surface area contributed by atoms with Crippen molar-refractivity contribution in [1.82, 2.24) is 20.0 Å². The molecule has 1 amide bonds. The molecule has 1 spiro atoms. The molecule has 2 fully saturated rings. The number of hydrogen-bond donors (Lipinski definition) is 1. The summed E-state index contributed by atoms with van der Waals surface area (Å²) in [6.45, 7) is 4.28. The van der Waals surface area contributed by atoms with E-state index in [4.69, 9.17) is 4.74 Å². The summed E-state index contributed by atoms with van der Waals surface area (Å²) in [5.74, 6) is 0.198. The van der Waals surface area contributed by atoms with Crippen LogP contribution < -0.4 is 0 Å². The van der Waals surface area contributed by atoms with Gasteiger partial charge in [-0.15, -0.1) is 11.3 Å². The zero-order valence-corrected chi connectivity index (χ0v) is 15.3. The van der Waals surface area contributed by atoms with E-state index in [1.54, 1.807) is 6.20 Å². The van der Waals surface area contributed by atoms with Crippen LogP contribution in [0, 0.1) is 0 Å². The van der Waals surface area contributed by atoms with E-state index in [1.807, 2.05) is 29.4 Å². The third kappa shape index (κ3) is 3.63.